The molecule has 1 amide bonds. The van der Waals surface area contributed by atoms with Gasteiger partial charge >= 0.3 is 6.09 Å². The number of hydrogen-bond acceptors (Lipinski definition) is 5. The van der Waals surface area contributed by atoms with Crippen molar-refractivity contribution in [3.63, 3.8) is 0 Å². The standard InChI is InChI=1S/C20H23N3O2S/c24-20(21-15-6-2-1-3-7-15)25-22-16-12-17-8-4-9-18(13-16)23(17)14-19-10-5-11-26-19/h1-3,5-7,10-11,17-18H,4,8-9,12-14H2,(H,21,24)/t17-,18-/m0/s1. The van der Waals surface area contributed by atoms with Crippen molar-refractivity contribution in [1.29, 1.82) is 0 Å². The van der Waals surface area contributed by atoms with Crippen molar-refractivity contribution >= 4 is 28.8 Å². The molecule has 0 aliphatic carbocycles. The largest absolute Gasteiger partial charge is 0.437 e. The summed E-state index contributed by atoms with van der Waals surface area (Å²) in [4.78, 5) is 21.1. The zero-order valence-corrected chi connectivity index (χ0v) is 15.5. The molecule has 1 aromatic carbocycles. The summed E-state index contributed by atoms with van der Waals surface area (Å²) >= 11 is 1.82. The molecule has 2 fully saturated rings. The number of oxime groups is 1. The van der Waals surface area contributed by atoms with E-state index in [1.807, 2.05) is 41.7 Å². The maximum atomic E-state index is 11.9. The number of amides is 1. The fourth-order valence-electron chi connectivity index (χ4n) is 3.97. The second-order valence-electron chi connectivity index (χ2n) is 6.93. The first kappa shape index (κ1) is 17.2. The average Bonchev–Trinajstić information content (AvgIpc) is 3.14. The van der Waals surface area contributed by atoms with Crippen LogP contribution in [0.25, 0.3) is 0 Å². The molecule has 5 nitrogen and oxygen atoms in total. The fourth-order valence-corrected chi connectivity index (χ4v) is 4.68. The first-order valence-electron chi connectivity index (χ1n) is 9.15. The second-order valence-corrected chi connectivity index (χ2v) is 7.96. The van der Waals surface area contributed by atoms with Gasteiger partial charge in [0.1, 0.15) is 0 Å². The van der Waals surface area contributed by atoms with Gasteiger partial charge in [0.05, 0.1) is 5.71 Å². The summed E-state index contributed by atoms with van der Waals surface area (Å²) in [6.45, 7) is 1.02. The Bertz CT molecular complexity index is 745. The van der Waals surface area contributed by atoms with Crippen LogP contribution in [0, 0.1) is 0 Å². The molecule has 0 saturated carbocycles. The van der Waals surface area contributed by atoms with E-state index in [0.717, 1.165) is 25.1 Å². The van der Waals surface area contributed by atoms with E-state index in [1.54, 1.807) is 0 Å². The second kappa shape index (κ2) is 8.01. The van der Waals surface area contributed by atoms with Crippen molar-refractivity contribution < 1.29 is 9.63 Å². The van der Waals surface area contributed by atoms with Crippen molar-refractivity contribution in [1.82, 2.24) is 4.90 Å². The number of para-hydroxylation sites is 1. The summed E-state index contributed by atoms with van der Waals surface area (Å²) in [7, 11) is 0. The molecular formula is C20H23N3O2S. The van der Waals surface area contributed by atoms with E-state index in [0.29, 0.717) is 17.8 Å². The number of hydrogen-bond donors (Lipinski definition) is 1. The van der Waals surface area contributed by atoms with Crippen LogP contribution in [0.3, 0.4) is 0 Å². The van der Waals surface area contributed by atoms with E-state index in [2.05, 4.69) is 32.9 Å². The molecule has 136 valence electrons. The molecule has 6 heteroatoms. The molecule has 2 aliphatic heterocycles. The molecule has 4 rings (SSSR count). The van der Waals surface area contributed by atoms with Crippen LogP contribution in [0.2, 0.25) is 0 Å². The summed E-state index contributed by atoms with van der Waals surface area (Å²) in [6, 6.07) is 14.6. The van der Waals surface area contributed by atoms with Gasteiger partial charge in [-0.15, -0.1) is 11.3 Å². The monoisotopic (exact) mass is 369 g/mol. The van der Waals surface area contributed by atoms with E-state index in [1.165, 1.54) is 24.1 Å². The van der Waals surface area contributed by atoms with Gasteiger partial charge in [-0.1, -0.05) is 35.8 Å². The number of piperidine rings is 2. The number of benzene rings is 1. The average molecular weight is 369 g/mol. The van der Waals surface area contributed by atoms with Gasteiger partial charge in [-0.05, 0) is 36.4 Å². The van der Waals surface area contributed by atoms with Gasteiger partial charge in [0, 0.05) is 42.0 Å². The van der Waals surface area contributed by atoms with E-state index >= 15 is 0 Å². The molecule has 2 saturated heterocycles. The summed E-state index contributed by atoms with van der Waals surface area (Å²) < 4.78 is 0. The van der Waals surface area contributed by atoms with Crippen molar-refractivity contribution in [3.8, 4) is 0 Å². The number of anilines is 1. The highest BCUT2D eigenvalue weighted by molar-refractivity contribution is 7.09. The topological polar surface area (TPSA) is 53.9 Å². The predicted molar refractivity (Wildman–Crippen MR) is 105 cm³/mol. The Morgan fingerprint density at radius 3 is 2.62 bits per heavy atom. The molecule has 2 aliphatic rings. The number of nitrogens with zero attached hydrogens (tertiary/aromatic N) is 2. The van der Waals surface area contributed by atoms with Gasteiger partial charge in [-0.3, -0.25) is 15.1 Å². The lowest BCUT2D eigenvalue weighted by Crippen LogP contribution is -2.51. The quantitative estimate of drug-likeness (QED) is 0.618. The van der Waals surface area contributed by atoms with Crippen molar-refractivity contribution in [2.45, 2.75) is 50.7 Å². The number of fused-ring (bicyclic) bond motifs is 2. The first-order valence-corrected chi connectivity index (χ1v) is 10.0. The van der Waals surface area contributed by atoms with E-state index < -0.39 is 6.09 Å². The van der Waals surface area contributed by atoms with E-state index in [9.17, 15) is 4.79 Å². The molecule has 0 radical (unpaired) electrons. The van der Waals surface area contributed by atoms with Gasteiger partial charge < -0.3 is 0 Å². The van der Waals surface area contributed by atoms with Crippen molar-refractivity contribution in [3.05, 3.63) is 52.7 Å². The van der Waals surface area contributed by atoms with Crippen LogP contribution in [-0.2, 0) is 11.4 Å². The molecule has 2 aromatic rings. The van der Waals surface area contributed by atoms with Crippen molar-refractivity contribution in [2.75, 3.05) is 5.32 Å². The molecule has 26 heavy (non-hydrogen) atoms. The molecule has 2 bridgehead atoms. The number of rotatable bonds is 4. The van der Waals surface area contributed by atoms with Gasteiger partial charge in [-0.2, -0.15) is 0 Å². The highest BCUT2D eigenvalue weighted by Gasteiger charge is 2.37. The van der Waals surface area contributed by atoms with Gasteiger partial charge in [0.2, 0.25) is 0 Å². The summed E-state index contributed by atoms with van der Waals surface area (Å²) in [6.07, 6.45) is 4.91. The maximum Gasteiger partial charge on any atom is 0.437 e. The van der Waals surface area contributed by atoms with Gasteiger partial charge in [-0.25, -0.2) is 4.79 Å². The van der Waals surface area contributed by atoms with Crippen LogP contribution in [0.4, 0.5) is 10.5 Å². The number of thiophene rings is 1. The Labute approximate surface area is 157 Å². The maximum absolute atomic E-state index is 11.9. The highest BCUT2D eigenvalue weighted by Crippen LogP contribution is 2.34. The number of carbonyl (C=O) groups is 1. The Balaban J connectivity index is 1.36. The minimum atomic E-state index is -0.533. The summed E-state index contributed by atoms with van der Waals surface area (Å²) in [5.74, 6) is 0. The molecule has 3 heterocycles. The van der Waals surface area contributed by atoms with Crippen LogP contribution in [0.5, 0.6) is 0 Å². The zero-order chi connectivity index (χ0) is 17.8. The Hall–Kier alpha value is -2.18. The molecule has 0 spiro atoms. The van der Waals surface area contributed by atoms with Crippen LogP contribution < -0.4 is 5.32 Å². The number of nitrogens with one attached hydrogen (secondary N) is 1. The third-order valence-corrected chi connectivity index (χ3v) is 6.01. The van der Waals surface area contributed by atoms with Crippen LogP contribution in [0.15, 0.2) is 53.0 Å². The molecule has 1 aromatic heterocycles. The Kier molecular flexibility index (Phi) is 5.32. The lowest BCUT2D eigenvalue weighted by atomic mass is 9.83. The van der Waals surface area contributed by atoms with E-state index in [-0.39, 0.29) is 0 Å². The van der Waals surface area contributed by atoms with Gasteiger partial charge in [0.15, 0.2) is 0 Å². The highest BCUT2D eigenvalue weighted by atomic mass is 32.1. The lowest BCUT2D eigenvalue weighted by Gasteiger charge is -2.46. The first-order chi connectivity index (χ1) is 12.8. The predicted octanol–water partition coefficient (Wildman–Crippen LogP) is 4.87. The molecule has 2 atom stereocenters. The Morgan fingerprint density at radius 1 is 1.15 bits per heavy atom. The van der Waals surface area contributed by atoms with Crippen LogP contribution in [0.1, 0.15) is 37.0 Å². The van der Waals surface area contributed by atoms with Crippen molar-refractivity contribution in [2.24, 2.45) is 5.16 Å². The minimum Gasteiger partial charge on any atom is -0.298 e. The van der Waals surface area contributed by atoms with Crippen LogP contribution in [-0.4, -0.2) is 28.8 Å². The smallest absolute Gasteiger partial charge is 0.298 e. The molecular weight excluding hydrogens is 346 g/mol. The SMILES string of the molecule is O=C(Nc1ccccc1)ON=C1C[C@@H]2CCC[C@@H](C1)N2Cc1cccs1. The normalized spacial score (nSPS) is 22.7. The third-order valence-electron chi connectivity index (χ3n) is 5.15. The Morgan fingerprint density at radius 2 is 1.92 bits per heavy atom. The molecule has 0 unspecified atom stereocenters. The van der Waals surface area contributed by atoms with E-state index in [4.69, 9.17) is 4.84 Å². The zero-order valence-electron chi connectivity index (χ0n) is 14.6. The minimum absolute atomic E-state index is 0.504. The fraction of sp³-hybridized carbons (Fsp3) is 0.400. The lowest BCUT2D eigenvalue weighted by molar-refractivity contribution is 0.0673. The third kappa shape index (κ3) is 4.14. The summed E-state index contributed by atoms with van der Waals surface area (Å²) in [5, 5.41) is 9.01. The van der Waals surface area contributed by atoms with Gasteiger partial charge in [0.25, 0.3) is 0 Å². The number of carbonyl (C=O) groups excluding carboxylic acids is 1. The molecule has 1 N–H and O–H groups in total. The summed E-state index contributed by atoms with van der Waals surface area (Å²) in [5.41, 5.74) is 1.71. The van der Waals surface area contributed by atoms with Crippen LogP contribution >= 0.6 is 11.3 Å².